The van der Waals surface area contributed by atoms with E-state index in [1.807, 2.05) is 4.90 Å². The first-order valence-electron chi connectivity index (χ1n) is 5.68. The van der Waals surface area contributed by atoms with E-state index in [9.17, 15) is 5.11 Å². The van der Waals surface area contributed by atoms with Crippen LogP contribution in [0.1, 0.15) is 19.0 Å². The molecule has 0 saturated carbocycles. The fourth-order valence-electron chi connectivity index (χ4n) is 2.13. The van der Waals surface area contributed by atoms with Gasteiger partial charge in [-0.1, -0.05) is 0 Å². The molecule has 6 nitrogen and oxygen atoms in total. The lowest BCUT2D eigenvalue weighted by Crippen LogP contribution is -2.28. The van der Waals surface area contributed by atoms with Crippen LogP contribution in [0.15, 0.2) is 12.4 Å². The second kappa shape index (κ2) is 4.67. The average Bonchev–Trinajstić information content (AvgIpc) is 2.78. The molecule has 0 radical (unpaired) electrons. The summed E-state index contributed by atoms with van der Waals surface area (Å²) in [6.07, 6.45) is 3.73. The third-order valence-electron chi connectivity index (χ3n) is 3.14. The Morgan fingerprint density at radius 3 is 2.88 bits per heavy atom. The lowest BCUT2D eigenvalue weighted by Gasteiger charge is -2.20. The fraction of sp³-hybridized carbons (Fsp3) is 0.545. The van der Waals surface area contributed by atoms with Crippen molar-refractivity contribution < 1.29 is 5.11 Å². The zero-order chi connectivity index (χ0) is 12.4. The van der Waals surface area contributed by atoms with E-state index in [4.69, 9.17) is 11.1 Å². The number of nitrogens with two attached hydrogens (primary N) is 1. The normalized spacial score (nSPS) is 21.5. The number of nitrogen functional groups attached to an aromatic ring is 1. The van der Waals surface area contributed by atoms with Gasteiger partial charge in [0.1, 0.15) is 11.5 Å². The number of hydrogen-bond donors (Lipinski definition) is 3. The van der Waals surface area contributed by atoms with Gasteiger partial charge in [-0.25, -0.2) is 9.97 Å². The minimum atomic E-state index is -0.322. The van der Waals surface area contributed by atoms with Crippen LogP contribution in [0, 0.1) is 11.3 Å². The minimum absolute atomic E-state index is 0.0754. The monoisotopic (exact) mass is 235 g/mol. The first-order chi connectivity index (χ1) is 8.09. The summed E-state index contributed by atoms with van der Waals surface area (Å²) in [4.78, 5) is 10.3. The molecule has 0 bridgehead atoms. The van der Waals surface area contributed by atoms with Crippen molar-refractivity contribution >= 4 is 11.7 Å². The van der Waals surface area contributed by atoms with Gasteiger partial charge >= 0.3 is 0 Å². The zero-order valence-electron chi connectivity index (χ0n) is 9.80. The Labute approximate surface area is 100.0 Å². The van der Waals surface area contributed by atoms with Crippen LogP contribution in [0.3, 0.4) is 0 Å². The van der Waals surface area contributed by atoms with Crippen LogP contribution in [0.25, 0.3) is 0 Å². The van der Waals surface area contributed by atoms with Gasteiger partial charge in [-0.2, -0.15) is 0 Å². The molecule has 2 unspecified atom stereocenters. The topological polar surface area (TPSA) is 99.1 Å². The molecule has 2 heterocycles. The quantitative estimate of drug-likeness (QED) is 0.504. The number of amidine groups is 1. The standard InChI is InChI=1S/C11H17N5O/c1-7(17)8-2-5-16(6-8)11-9(10(12)13)14-3-4-15-11/h3-4,7-8,17H,2,5-6H2,1H3,(H3,12,13). The second-order valence-corrected chi connectivity index (χ2v) is 4.38. The summed E-state index contributed by atoms with van der Waals surface area (Å²) in [6, 6.07) is 0. The highest BCUT2D eigenvalue weighted by Crippen LogP contribution is 2.25. The molecule has 17 heavy (non-hydrogen) atoms. The summed E-state index contributed by atoms with van der Waals surface area (Å²) in [5.74, 6) is 0.813. The molecule has 1 fully saturated rings. The molecule has 0 spiro atoms. The third kappa shape index (κ3) is 2.36. The maximum absolute atomic E-state index is 9.57. The SMILES string of the molecule is CC(O)C1CCN(c2nccnc2C(=N)N)C1. The highest BCUT2D eigenvalue weighted by molar-refractivity contribution is 5.97. The highest BCUT2D eigenvalue weighted by atomic mass is 16.3. The number of aromatic nitrogens is 2. The van der Waals surface area contributed by atoms with Crippen molar-refractivity contribution in [2.45, 2.75) is 19.4 Å². The van der Waals surface area contributed by atoms with E-state index < -0.39 is 0 Å². The lowest BCUT2D eigenvalue weighted by atomic mass is 10.0. The number of aliphatic hydroxyl groups excluding tert-OH is 1. The molecule has 1 aliphatic heterocycles. The van der Waals surface area contributed by atoms with Gasteiger partial charge in [-0.15, -0.1) is 0 Å². The van der Waals surface area contributed by atoms with E-state index >= 15 is 0 Å². The molecule has 1 saturated heterocycles. The second-order valence-electron chi connectivity index (χ2n) is 4.38. The van der Waals surface area contributed by atoms with Crippen LogP contribution < -0.4 is 10.6 Å². The van der Waals surface area contributed by atoms with Gasteiger partial charge in [0.25, 0.3) is 0 Å². The molecule has 4 N–H and O–H groups in total. The molecule has 1 aliphatic rings. The van der Waals surface area contributed by atoms with Crippen LogP contribution >= 0.6 is 0 Å². The third-order valence-corrected chi connectivity index (χ3v) is 3.14. The number of aliphatic hydroxyl groups is 1. The van der Waals surface area contributed by atoms with Crippen LogP contribution in [-0.4, -0.2) is 40.1 Å². The fourth-order valence-corrected chi connectivity index (χ4v) is 2.13. The average molecular weight is 235 g/mol. The molecule has 0 aliphatic carbocycles. The lowest BCUT2D eigenvalue weighted by molar-refractivity contribution is 0.136. The van der Waals surface area contributed by atoms with E-state index in [0.717, 1.165) is 19.5 Å². The Balaban J connectivity index is 2.21. The predicted molar refractivity (Wildman–Crippen MR) is 65.0 cm³/mol. The van der Waals surface area contributed by atoms with Crippen molar-refractivity contribution in [1.29, 1.82) is 5.41 Å². The molecular weight excluding hydrogens is 218 g/mol. The van der Waals surface area contributed by atoms with E-state index in [1.165, 1.54) is 6.20 Å². The molecule has 0 aromatic carbocycles. The minimum Gasteiger partial charge on any atom is -0.393 e. The molecular formula is C11H17N5O. The van der Waals surface area contributed by atoms with Gasteiger partial charge in [0.05, 0.1) is 6.10 Å². The Kier molecular flexibility index (Phi) is 3.23. The molecule has 2 atom stereocenters. The van der Waals surface area contributed by atoms with Crippen LogP contribution in [0.5, 0.6) is 0 Å². The summed E-state index contributed by atoms with van der Waals surface area (Å²) in [6.45, 7) is 3.35. The Hall–Kier alpha value is -1.69. The molecule has 1 aromatic heterocycles. The number of hydrogen-bond acceptors (Lipinski definition) is 5. The van der Waals surface area contributed by atoms with Crippen LogP contribution in [0.4, 0.5) is 5.82 Å². The van der Waals surface area contributed by atoms with Crippen molar-refractivity contribution in [3.05, 3.63) is 18.1 Å². The Morgan fingerprint density at radius 2 is 2.29 bits per heavy atom. The predicted octanol–water partition coefficient (Wildman–Crippen LogP) is -0.0322. The van der Waals surface area contributed by atoms with Crippen molar-refractivity contribution in [2.75, 3.05) is 18.0 Å². The highest BCUT2D eigenvalue weighted by Gasteiger charge is 2.28. The van der Waals surface area contributed by atoms with E-state index in [0.29, 0.717) is 11.5 Å². The molecule has 1 aromatic rings. The number of rotatable bonds is 3. The Bertz CT molecular complexity index is 420. The van der Waals surface area contributed by atoms with Crippen LogP contribution in [0.2, 0.25) is 0 Å². The van der Waals surface area contributed by atoms with Gasteiger partial charge in [0, 0.05) is 31.4 Å². The van der Waals surface area contributed by atoms with Gasteiger partial charge in [0.2, 0.25) is 0 Å². The summed E-state index contributed by atoms with van der Waals surface area (Å²) in [5, 5.41) is 17.0. The van der Waals surface area contributed by atoms with E-state index in [-0.39, 0.29) is 17.9 Å². The van der Waals surface area contributed by atoms with E-state index in [1.54, 1.807) is 13.1 Å². The number of anilines is 1. The van der Waals surface area contributed by atoms with Crippen molar-refractivity contribution in [3.8, 4) is 0 Å². The smallest absolute Gasteiger partial charge is 0.158 e. The van der Waals surface area contributed by atoms with Gasteiger partial charge in [-0.05, 0) is 13.3 Å². The van der Waals surface area contributed by atoms with Crippen molar-refractivity contribution in [1.82, 2.24) is 9.97 Å². The number of nitrogens with one attached hydrogen (secondary N) is 1. The zero-order valence-corrected chi connectivity index (χ0v) is 9.80. The van der Waals surface area contributed by atoms with Gasteiger partial charge in [-0.3, -0.25) is 5.41 Å². The first-order valence-corrected chi connectivity index (χ1v) is 5.68. The molecule has 2 rings (SSSR count). The van der Waals surface area contributed by atoms with E-state index in [2.05, 4.69) is 9.97 Å². The van der Waals surface area contributed by atoms with Crippen molar-refractivity contribution in [2.24, 2.45) is 11.7 Å². The molecule has 6 heteroatoms. The molecule has 0 amide bonds. The number of nitrogens with zero attached hydrogens (tertiary/aromatic N) is 3. The van der Waals surface area contributed by atoms with Gasteiger partial charge < -0.3 is 15.7 Å². The summed E-state index contributed by atoms with van der Waals surface area (Å²) < 4.78 is 0. The first kappa shape index (κ1) is 11.8. The van der Waals surface area contributed by atoms with Crippen molar-refractivity contribution in [3.63, 3.8) is 0 Å². The maximum Gasteiger partial charge on any atom is 0.158 e. The maximum atomic E-state index is 9.57. The van der Waals surface area contributed by atoms with Crippen LogP contribution in [-0.2, 0) is 0 Å². The summed E-state index contributed by atoms with van der Waals surface area (Å²) in [5.41, 5.74) is 5.90. The largest absolute Gasteiger partial charge is 0.393 e. The molecule has 92 valence electrons. The summed E-state index contributed by atoms with van der Waals surface area (Å²) in [7, 11) is 0. The van der Waals surface area contributed by atoms with Gasteiger partial charge in [0.15, 0.2) is 5.82 Å². The summed E-state index contributed by atoms with van der Waals surface area (Å²) >= 11 is 0. The Morgan fingerprint density at radius 1 is 1.59 bits per heavy atom.